The summed E-state index contributed by atoms with van der Waals surface area (Å²) in [6.07, 6.45) is 1.66. The van der Waals surface area contributed by atoms with Crippen LogP contribution >= 0.6 is 11.6 Å². The molecule has 1 fully saturated rings. The lowest BCUT2D eigenvalue weighted by molar-refractivity contribution is -0.124. The van der Waals surface area contributed by atoms with E-state index in [4.69, 9.17) is 16.3 Å². The van der Waals surface area contributed by atoms with E-state index in [1.807, 2.05) is 0 Å². The molecule has 8 heteroatoms. The summed E-state index contributed by atoms with van der Waals surface area (Å²) in [4.78, 5) is 12.6. The number of benzene rings is 1. The van der Waals surface area contributed by atoms with Crippen molar-refractivity contribution in [3.05, 3.63) is 28.8 Å². The predicted molar refractivity (Wildman–Crippen MR) is 89.5 cm³/mol. The monoisotopic (exact) mass is 360 g/mol. The average molecular weight is 361 g/mol. The topological polar surface area (TPSA) is 84.5 Å². The maximum Gasteiger partial charge on any atom is 0.241 e. The first-order chi connectivity index (χ1) is 10.8. The highest BCUT2D eigenvalue weighted by molar-refractivity contribution is 7.92. The number of amides is 1. The van der Waals surface area contributed by atoms with E-state index in [-0.39, 0.29) is 19.4 Å². The van der Waals surface area contributed by atoms with Crippen LogP contribution in [-0.4, -0.2) is 45.5 Å². The molecule has 0 bridgehead atoms. The number of piperidine rings is 1. The van der Waals surface area contributed by atoms with Crippen molar-refractivity contribution in [3.8, 4) is 5.75 Å². The number of hydrogen-bond acceptors (Lipinski definition) is 5. The third kappa shape index (κ3) is 3.79. The minimum Gasteiger partial charge on any atom is -0.496 e. The molecule has 0 radical (unpaired) electrons. The van der Waals surface area contributed by atoms with Crippen molar-refractivity contribution in [1.29, 1.82) is 0 Å². The number of nitrogens with one attached hydrogen (secondary N) is 2. The first-order valence-corrected chi connectivity index (χ1v) is 9.58. The van der Waals surface area contributed by atoms with Crippen LogP contribution in [0.25, 0.3) is 0 Å². The second kappa shape index (κ2) is 7.07. The summed E-state index contributed by atoms with van der Waals surface area (Å²) >= 11 is 5.97. The lowest BCUT2D eigenvalue weighted by Gasteiger charge is -2.34. The zero-order valence-electron chi connectivity index (χ0n) is 13.2. The second-order valence-corrected chi connectivity index (χ2v) is 8.42. The summed E-state index contributed by atoms with van der Waals surface area (Å²) in [7, 11) is -2.00. The second-order valence-electron chi connectivity index (χ2n) is 5.66. The summed E-state index contributed by atoms with van der Waals surface area (Å²) in [5.41, 5.74) is 0.700. The van der Waals surface area contributed by atoms with Gasteiger partial charge >= 0.3 is 0 Å². The smallest absolute Gasteiger partial charge is 0.241 e. The molecule has 6 nitrogen and oxygen atoms in total. The first-order valence-electron chi connectivity index (χ1n) is 7.31. The highest BCUT2D eigenvalue weighted by Crippen LogP contribution is 2.29. The molecule has 1 aromatic rings. The molecule has 0 atom stereocenters. The van der Waals surface area contributed by atoms with Gasteiger partial charge in [-0.15, -0.1) is 0 Å². The number of methoxy groups -OCH3 is 1. The van der Waals surface area contributed by atoms with E-state index in [0.29, 0.717) is 29.4 Å². The fourth-order valence-electron chi connectivity index (χ4n) is 2.82. The van der Waals surface area contributed by atoms with Crippen LogP contribution in [0.4, 0.5) is 0 Å². The van der Waals surface area contributed by atoms with Crippen LogP contribution in [0.15, 0.2) is 18.2 Å². The van der Waals surface area contributed by atoms with E-state index < -0.39 is 20.5 Å². The van der Waals surface area contributed by atoms with E-state index >= 15 is 0 Å². The van der Waals surface area contributed by atoms with Crippen LogP contribution in [0.1, 0.15) is 18.4 Å². The normalized spacial score (nSPS) is 17.5. The number of halogens is 1. The first kappa shape index (κ1) is 18.0. The Morgan fingerprint density at radius 1 is 1.39 bits per heavy atom. The molecule has 0 aromatic heterocycles. The Hall–Kier alpha value is -1.31. The van der Waals surface area contributed by atoms with Gasteiger partial charge in [-0.05, 0) is 44.1 Å². The van der Waals surface area contributed by atoms with Crippen molar-refractivity contribution in [2.24, 2.45) is 0 Å². The number of sulfone groups is 1. The third-order valence-corrected chi connectivity index (χ3v) is 6.46. The van der Waals surface area contributed by atoms with Gasteiger partial charge in [-0.2, -0.15) is 0 Å². The predicted octanol–water partition coefficient (Wildman–Crippen LogP) is 1.13. The standard InChI is InChI=1S/C15H21ClN2O4S/c1-22-13-4-3-12(16)9-11(13)10-18-14(19)15(23(2,20)21)5-7-17-8-6-15/h3-4,9,17H,5-8,10H2,1-2H3,(H,18,19). The molecular formula is C15H21ClN2O4S. The van der Waals surface area contributed by atoms with Crippen molar-refractivity contribution in [3.63, 3.8) is 0 Å². The molecule has 1 aliphatic rings. The van der Waals surface area contributed by atoms with Crippen LogP contribution in [-0.2, 0) is 21.2 Å². The third-order valence-electron chi connectivity index (χ3n) is 4.22. The van der Waals surface area contributed by atoms with Crippen molar-refractivity contribution >= 4 is 27.3 Å². The minimum atomic E-state index is -3.52. The van der Waals surface area contributed by atoms with Crippen molar-refractivity contribution in [2.45, 2.75) is 24.1 Å². The van der Waals surface area contributed by atoms with Gasteiger partial charge in [0.1, 0.15) is 5.75 Å². The van der Waals surface area contributed by atoms with Crippen LogP contribution in [0, 0.1) is 0 Å². The van der Waals surface area contributed by atoms with E-state index in [1.54, 1.807) is 18.2 Å². The molecule has 1 aliphatic heterocycles. The number of ether oxygens (including phenoxy) is 1. The Kier molecular flexibility index (Phi) is 5.54. The van der Waals surface area contributed by atoms with Crippen LogP contribution in [0.3, 0.4) is 0 Å². The Bertz CT molecular complexity index is 685. The lowest BCUT2D eigenvalue weighted by atomic mass is 9.95. The van der Waals surface area contributed by atoms with Crippen LogP contribution < -0.4 is 15.4 Å². The van der Waals surface area contributed by atoms with Gasteiger partial charge in [0.15, 0.2) is 14.6 Å². The molecule has 0 aliphatic carbocycles. The van der Waals surface area contributed by atoms with Crippen LogP contribution in [0.5, 0.6) is 5.75 Å². The van der Waals surface area contributed by atoms with Crippen molar-refractivity contribution < 1.29 is 17.9 Å². The Balaban J connectivity index is 2.19. The van der Waals surface area contributed by atoms with Gasteiger partial charge in [0.05, 0.1) is 7.11 Å². The largest absolute Gasteiger partial charge is 0.496 e. The maximum absolute atomic E-state index is 12.6. The Morgan fingerprint density at radius 2 is 2.04 bits per heavy atom. The number of hydrogen-bond donors (Lipinski definition) is 2. The Labute approximate surface area is 141 Å². The van der Waals surface area contributed by atoms with Crippen LogP contribution in [0.2, 0.25) is 5.02 Å². The Morgan fingerprint density at radius 3 is 2.61 bits per heavy atom. The minimum absolute atomic E-state index is 0.160. The summed E-state index contributed by atoms with van der Waals surface area (Å²) in [5.74, 6) is 0.122. The molecule has 1 aromatic carbocycles. The zero-order valence-corrected chi connectivity index (χ0v) is 14.8. The van der Waals surface area contributed by atoms with Gasteiger partial charge in [0, 0.05) is 23.4 Å². The quantitative estimate of drug-likeness (QED) is 0.822. The molecular weight excluding hydrogens is 340 g/mol. The summed E-state index contributed by atoms with van der Waals surface area (Å²) in [5, 5.41) is 6.34. The molecule has 2 N–H and O–H groups in total. The average Bonchev–Trinajstić information content (AvgIpc) is 2.52. The summed E-state index contributed by atoms with van der Waals surface area (Å²) < 4.78 is 28.3. The summed E-state index contributed by atoms with van der Waals surface area (Å²) in [6.45, 7) is 1.16. The van der Waals surface area contributed by atoms with Gasteiger partial charge in [-0.3, -0.25) is 4.79 Å². The van der Waals surface area contributed by atoms with E-state index in [2.05, 4.69) is 10.6 Å². The molecule has 1 saturated heterocycles. The zero-order chi connectivity index (χ0) is 17.1. The SMILES string of the molecule is COc1ccc(Cl)cc1CNC(=O)C1(S(C)(=O)=O)CCNCC1. The van der Waals surface area contributed by atoms with Gasteiger partial charge in [-0.1, -0.05) is 11.6 Å². The van der Waals surface area contributed by atoms with E-state index in [0.717, 1.165) is 6.26 Å². The highest BCUT2D eigenvalue weighted by Gasteiger charge is 2.48. The maximum atomic E-state index is 12.6. The van der Waals surface area contributed by atoms with E-state index in [1.165, 1.54) is 7.11 Å². The molecule has 128 valence electrons. The van der Waals surface area contributed by atoms with Gasteiger partial charge in [0.25, 0.3) is 0 Å². The van der Waals surface area contributed by atoms with Gasteiger partial charge < -0.3 is 15.4 Å². The summed E-state index contributed by atoms with van der Waals surface area (Å²) in [6, 6.07) is 5.09. The van der Waals surface area contributed by atoms with E-state index in [9.17, 15) is 13.2 Å². The number of rotatable bonds is 5. The highest BCUT2D eigenvalue weighted by atomic mass is 35.5. The molecule has 23 heavy (non-hydrogen) atoms. The molecule has 0 spiro atoms. The van der Waals surface area contributed by atoms with Crippen molar-refractivity contribution in [2.75, 3.05) is 26.5 Å². The molecule has 1 heterocycles. The molecule has 0 unspecified atom stereocenters. The molecule has 2 rings (SSSR count). The van der Waals surface area contributed by atoms with Gasteiger partial charge in [-0.25, -0.2) is 8.42 Å². The number of carbonyl (C=O) groups is 1. The number of carbonyl (C=O) groups excluding carboxylic acids is 1. The fraction of sp³-hybridized carbons (Fsp3) is 0.533. The molecule has 1 amide bonds. The fourth-order valence-corrected chi connectivity index (χ4v) is 4.37. The lowest BCUT2D eigenvalue weighted by Crippen LogP contribution is -2.57. The molecule has 0 saturated carbocycles. The van der Waals surface area contributed by atoms with Crippen molar-refractivity contribution in [1.82, 2.24) is 10.6 Å². The van der Waals surface area contributed by atoms with Gasteiger partial charge in [0.2, 0.25) is 5.91 Å².